The van der Waals surface area contributed by atoms with Crippen molar-refractivity contribution in [2.24, 2.45) is 5.41 Å². The molecule has 1 unspecified atom stereocenters. The van der Waals surface area contributed by atoms with Gasteiger partial charge in [0.25, 0.3) is 0 Å². The molecule has 2 atom stereocenters. The van der Waals surface area contributed by atoms with Crippen molar-refractivity contribution in [3.8, 4) is 11.3 Å². The maximum atomic E-state index is 5.72. The Labute approximate surface area is 311 Å². The molecule has 4 heterocycles. The molecule has 8 rings (SSSR count). The summed E-state index contributed by atoms with van der Waals surface area (Å²) in [5, 5.41) is 2.51. The Balaban J connectivity index is 1.44. The molecular formula is C48H43N3S. The highest BCUT2D eigenvalue weighted by atomic mass is 32.1. The van der Waals surface area contributed by atoms with Crippen LogP contribution in [0.2, 0.25) is 0 Å². The molecule has 3 nitrogen and oxygen atoms in total. The standard InChI is InChI=1S/C48H43N3S/c1-46(2,3)32-34-19-17-25-38-39-31-42(48(5,36-22-10-7-11-23-36)41-27-13-15-29-50-41)51-43(45(39)52-44(34)38)33-18-16-24-37(30-33)47(4,35-20-8-6-9-21-35)40-26-12-14-28-49-40/h6-31H,32H2,1-5H3/t47?,48-/m1/s1. The molecule has 0 fully saturated rings. The van der Waals surface area contributed by atoms with Crippen LogP contribution in [0.4, 0.5) is 0 Å². The van der Waals surface area contributed by atoms with Crippen molar-refractivity contribution in [2.75, 3.05) is 0 Å². The quantitative estimate of drug-likeness (QED) is 0.159. The number of aromatic nitrogens is 3. The first-order chi connectivity index (χ1) is 25.2. The third kappa shape index (κ3) is 5.91. The van der Waals surface area contributed by atoms with Crippen molar-refractivity contribution >= 4 is 31.5 Å². The largest absolute Gasteiger partial charge is 0.260 e. The van der Waals surface area contributed by atoms with Crippen molar-refractivity contribution in [3.05, 3.63) is 197 Å². The van der Waals surface area contributed by atoms with Gasteiger partial charge in [0.05, 0.1) is 38.3 Å². The molecule has 0 amide bonds. The van der Waals surface area contributed by atoms with E-state index in [-0.39, 0.29) is 5.41 Å². The molecule has 0 saturated heterocycles. The zero-order chi connectivity index (χ0) is 35.9. The third-order valence-electron chi connectivity index (χ3n) is 10.6. The van der Waals surface area contributed by atoms with Crippen molar-refractivity contribution in [1.82, 2.24) is 15.0 Å². The summed E-state index contributed by atoms with van der Waals surface area (Å²) in [6.07, 6.45) is 4.78. The van der Waals surface area contributed by atoms with Gasteiger partial charge in [0.15, 0.2) is 0 Å². The Morgan fingerprint density at radius 1 is 0.481 bits per heavy atom. The Hall–Kier alpha value is -5.45. The highest BCUT2D eigenvalue weighted by molar-refractivity contribution is 7.26. The summed E-state index contributed by atoms with van der Waals surface area (Å²) in [4.78, 5) is 15.6. The Morgan fingerprint density at radius 2 is 1.06 bits per heavy atom. The van der Waals surface area contributed by atoms with Crippen LogP contribution < -0.4 is 0 Å². The first kappa shape index (κ1) is 33.7. The summed E-state index contributed by atoms with van der Waals surface area (Å²) in [5.74, 6) is 0. The van der Waals surface area contributed by atoms with Gasteiger partial charge >= 0.3 is 0 Å². The Bertz CT molecular complexity index is 2400. The third-order valence-corrected chi connectivity index (χ3v) is 11.9. The number of hydrogen-bond donors (Lipinski definition) is 0. The van der Waals surface area contributed by atoms with Crippen molar-refractivity contribution < 1.29 is 0 Å². The van der Waals surface area contributed by atoms with Crippen LogP contribution in [0.3, 0.4) is 0 Å². The zero-order valence-corrected chi connectivity index (χ0v) is 31.3. The molecule has 52 heavy (non-hydrogen) atoms. The molecule has 0 saturated carbocycles. The van der Waals surface area contributed by atoms with Gasteiger partial charge in [-0.15, -0.1) is 11.3 Å². The predicted molar refractivity (Wildman–Crippen MR) is 218 cm³/mol. The second-order valence-corrected chi connectivity index (χ2v) is 16.4. The lowest BCUT2D eigenvalue weighted by molar-refractivity contribution is 0.413. The average molecular weight is 694 g/mol. The summed E-state index contributed by atoms with van der Waals surface area (Å²) < 4.78 is 2.54. The maximum Gasteiger partial charge on any atom is 0.0884 e. The van der Waals surface area contributed by atoms with Gasteiger partial charge in [-0.1, -0.05) is 130 Å². The van der Waals surface area contributed by atoms with Crippen molar-refractivity contribution in [1.29, 1.82) is 0 Å². The van der Waals surface area contributed by atoms with E-state index in [0.717, 1.165) is 40.3 Å². The van der Waals surface area contributed by atoms with Crippen molar-refractivity contribution in [3.63, 3.8) is 0 Å². The number of nitrogens with zero attached hydrogens (tertiary/aromatic N) is 3. The minimum atomic E-state index is -0.604. The smallest absolute Gasteiger partial charge is 0.0884 e. The molecule has 0 aliphatic heterocycles. The van der Waals surface area contributed by atoms with E-state index in [0.29, 0.717) is 0 Å². The van der Waals surface area contributed by atoms with Crippen LogP contribution in [0.5, 0.6) is 0 Å². The fourth-order valence-corrected chi connectivity index (χ4v) is 9.05. The number of hydrogen-bond acceptors (Lipinski definition) is 4. The molecule has 4 aromatic carbocycles. The van der Waals surface area contributed by atoms with Crippen LogP contribution >= 0.6 is 11.3 Å². The van der Waals surface area contributed by atoms with Gasteiger partial charge in [-0.3, -0.25) is 9.97 Å². The van der Waals surface area contributed by atoms with Crippen LogP contribution in [-0.2, 0) is 17.3 Å². The molecule has 0 spiro atoms. The second-order valence-electron chi connectivity index (χ2n) is 15.4. The minimum Gasteiger partial charge on any atom is -0.260 e. The van der Waals surface area contributed by atoms with E-state index in [1.165, 1.54) is 36.9 Å². The summed E-state index contributed by atoms with van der Waals surface area (Å²) >= 11 is 1.88. The SMILES string of the molecule is CC(C)(C)Cc1cccc2c1sc1c(-c3cccc(C(C)(c4ccccc4)c4ccccn4)c3)nc([C@](C)(c3ccccc3)c3ccccn3)cc12. The lowest BCUT2D eigenvalue weighted by Gasteiger charge is -2.31. The van der Waals surface area contributed by atoms with Gasteiger partial charge in [0, 0.05) is 33.4 Å². The molecule has 8 aromatic rings. The fraction of sp³-hybridized carbons (Fsp3) is 0.188. The highest BCUT2D eigenvalue weighted by Crippen LogP contribution is 2.47. The van der Waals surface area contributed by atoms with Gasteiger partial charge < -0.3 is 0 Å². The lowest BCUT2D eigenvalue weighted by Crippen LogP contribution is -2.28. The molecule has 0 N–H and O–H groups in total. The monoisotopic (exact) mass is 693 g/mol. The predicted octanol–water partition coefficient (Wildman–Crippen LogP) is 12.2. The number of rotatable bonds is 8. The number of fused-ring (bicyclic) bond motifs is 3. The second kappa shape index (κ2) is 13.3. The first-order valence-corrected chi connectivity index (χ1v) is 18.9. The van der Waals surface area contributed by atoms with Gasteiger partial charge in [-0.25, -0.2) is 4.98 Å². The Kier molecular flexibility index (Phi) is 8.59. The first-order valence-electron chi connectivity index (χ1n) is 18.1. The molecule has 0 aliphatic rings. The van der Waals surface area contributed by atoms with Gasteiger partial charge in [-0.05, 0) is 84.3 Å². The van der Waals surface area contributed by atoms with E-state index >= 15 is 0 Å². The summed E-state index contributed by atoms with van der Waals surface area (Å²) in [7, 11) is 0. The minimum absolute atomic E-state index is 0.156. The molecule has 0 radical (unpaired) electrons. The lowest BCUT2D eigenvalue weighted by atomic mass is 9.73. The van der Waals surface area contributed by atoms with Crippen LogP contribution in [0, 0.1) is 5.41 Å². The van der Waals surface area contributed by atoms with E-state index in [1.807, 2.05) is 35.9 Å². The van der Waals surface area contributed by atoms with Gasteiger partial charge in [0.2, 0.25) is 0 Å². The molecule has 256 valence electrons. The fourth-order valence-electron chi connectivity index (χ4n) is 7.75. The van der Waals surface area contributed by atoms with E-state index in [4.69, 9.17) is 15.0 Å². The molecule has 0 bridgehead atoms. The number of benzene rings is 4. The van der Waals surface area contributed by atoms with Crippen LogP contribution in [0.15, 0.2) is 158 Å². The average Bonchev–Trinajstić information content (AvgIpc) is 3.57. The van der Waals surface area contributed by atoms with Gasteiger partial charge in [0.1, 0.15) is 0 Å². The molecule has 4 heteroatoms. The molecule has 0 aliphatic carbocycles. The van der Waals surface area contributed by atoms with E-state index in [1.54, 1.807) is 0 Å². The number of pyridine rings is 3. The normalized spacial score (nSPS) is 14.2. The topological polar surface area (TPSA) is 38.7 Å². The molecule has 4 aromatic heterocycles. The summed E-state index contributed by atoms with van der Waals surface area (Å²) in [5.41, 5.74) is 8.99. The zero-order valence-electron chi connectivity index (χ0n) is 30.5. The van der Waals surface area contributed by atoms with Crippen LogP contribution in [0.1, 0.15) is 74.0 Å². The van der Waals surface area contributed by atoms with Crippen LogP contribution in [-0.4, -0.2) is 15.0 Å². The summed E-state index contributed by atoms with van der Waals surface area (Å²) in [6, 6.07) is 51.9. The number of thiophene rings is 1. The molecular weight excluding hydrogens is 651 g/mol. The van der Waals surface area contributed by atoms with Crippen molar-refractivity contribution in [2.45, 2.75) is 51.9 Å². The van der Waals surface area contributed by atoms with E-state index in [9.17, 15) is 0 Å². The van der Waals surface area contributed by atoms with E-state index in [2.05, 4.69) is 168 Å². The highest BCUT2D eigenvalue weighted by Gasteiger charge is 2.36. The maximum absolute atomic E-state index is 5.72. The van der Waals surface area contributed by atoms with E-state index < -0.39 is 10.8 Å². The van der Waals surface area contributed by atoms with Crippen LogP contribution in [0.25, 0.3) is 31.4 Å². The Morgan fingerprint density at radius 3 is 1.67 bits per heavy atom. The summed E-state index contributed by atoms with van der Waals surface area (Å²) in [6.45, 7) is 11.5. The van der Waals surface area contributed by atoms with Gasteiger partial charge in [-0.2, -0.15) is 0 Å².